The second kappa shape index (κ2) is 11.9. The molecular formula is C29H35ClN2O4. The maximum atomic E-state index is 13.7. The van der Waals surface area contributed by atoms with Crippen molar-refractivity contribution in [3.8, 4) is 5.75 Å². The SMILES string of the molecule is CCCCCCOc1ccc(C2c3c(oc4ccc(Cl)cc4c3=O)C(=O)N2CCN(CC)CC)cc1. The summed E-state index contributed by atoms with van der Waals surface area (Å²) in [6.07, 6.45) is 4.58. The molecule has 2 heterocycles. The molecule has 3 aromatic rings. The van der Waals surface area contributed by atoms with Crippen LogP contribution in [0.5, 0.6) is 5.75 Å². The Morgan fingerprint density at radius 1 is 1.00 bits per heavy atom. The monoisotopic (exact) mass is 510 g/mol. The van der Waals surface area contributed by atoms with Crippen LogP contribution < -0.4 is 10.2 Å². The number of unbranched alkanes of at least 4 members (excludes halogenated alkanes) is 3. The van der Waals surface area contributed by atoms with Gasteiger partial charge in [0.2, 0.25) is 5.76 Å². The normalized spacial score (nSPS) is 15.2. The van der Waals surface area contributed by atoms with E-state index in [1.807, 2.05) is 24.3 Å². The number of hydrogen-bond acceptors (Lipinski definition) is 5. The van der Waals surface area contributed by atoms with Crippen LogP contribution in [0.3, 0.4) is 0 Å². The molecule has 1 aromatic heterocycles. The molecule has 0 radical (unpaired) electrons. The summed E-state index contributed by atoms with van der Waals surface area (Å²) in [5.74, 6) is 0.648. The summed E-state index contributed by atoms with van der Waals surface area (Å²) in [6, 6.07) is 12.1. The molecule has 0 spiro atoms. The van der Waals surface area contributed by atoms with E-state index < -0.39 is 6.04 Å². The highest BCUT2D eigenvalue weighted by Gasteiger charge is 2.42. The van der Waals surface area contributed by atoms with E-state index in [4.69, 9.17) is 20.8 Å². The first-order valence-corrected chi connectivity index (χ1v) is 13.4. The first-order valence-electron chi connectivity index (χ1n) is 13.0. The van der Waals surface area contributed by atoms with Crippen molar-refractivity contribution in [3.05, 3.63) is 74.6 Å². The number of hydrogen-bond donors (Lipinski definition) is 0. The average Bonchev–Trinajstić information content (AvgIpc) is 3.17. The Bertz CT molecular complexity index is 1250. The van der Waals surface area contributed by atoms with Crippen LogP contribution in [-0.4, -0.2) is 48.5 Å². The van der Waals surface area contributed by atoms with E-state index in [0.717, 1.165) is 37.2 Å². The molecule has 1 aliphatic rings. The van der Waals surface area contributed by atoms with Crippen LogP contribution in [0, 0.1) is 0 Å². The van der Waals surface area contributed by atoms with E-state index in [1.165, 1.54) is 12.8 Å². The van der Waals surface area contributed by atoms with E-state index in [0.29, 0.717) is 41.3 Å². The van der Waals surface area contributed by atoms with E-state index in [9.17, 15) is 9.59 Å². The summed E-state index contributed by atoms with van der Waals surface area (Å²) < 4.78 is 11.9. The molecule has 6 nitrogen and oxygen atoms in total. The van der Waals surface area contributed by atoms with Crippen molar-refractivity contribution in [2.45, 2.75) is 52.5 Å². The van der Waals surface area contributed by atoms with Gasteiger partial charge in [-0.2, -0.15) is 0 Å². The largest absolute Gasteiger partial charge is 0.494 e. The first kappa shape index (κ1) is 26.2. The minimum atomic E-state index is -0.527. The molecule has 36 heavy (non-hydrogen) atoms. The maximum Gasteiger partial charge on any atom is 0.290 e. The quantitative estimate of drug-likeness (QED) is 0.268. The highest BCUT2D eigenvalue weighted by Crippen LogP contribution is 2.38. The van der Waals surface area contributed by atoms with Crippen LogP contribution in [0.1, 0.15) is 74.2 Å². The van der Waals surface area contributed by atoms with Crippen LogP contribution in [0.25, 0.3) is 11.0 Å². The molecule has 1 atom stereocenters. The molecular weight excluding hydrogens is 476 g/mol. The Morgan fingerprint density at radius 2 is 1.75 bits per heavy atom. The molecule has 2 aromatic carbocycles. The summed E-state index contributed by atoms with van der Waals surface area (Å²) in [5.41, 5.74) is 1.39. The van der Waals surface area contributed by atoms with Gasteiger partial charge in [0.15, 0.2) is 5.43 Å². The lowest BCUT2D eigenvalue weighted by molar-refractivity contribution is 0.0708. The molecule has 0 fully saturated rings. The first-order chi connectivity index (χ1) is 17.5. The molecule has 7 heteroatoms. The number of likely N-dealkylation sites (N-methyl/N-ethyl adjacent to an activating group) is 1. The number of ether oxygens (including phenoxy) is 1. The van der Waals surface area contributed by atoms with Crippen LogP contribution in [0.2, 0.25) is 5.02 Å². The predicted octanol–water partition coefficient (Wildman–Crippen LogP) is 6.29. The van der Waals surface area contributed by atoms with Crippen molar-refractivity contribution in [1.29, 1.82) is 0 Å². The Hall–Kier alpha value is -2.83. The molecule has 0 N–H and O–H groups in total. The lowest BCUT2D eigenvalue weighted by atomic mass is 9.98. The molecule has 1 amide bonds. The van der Waals surface area contributed by atoms with Gasteiger partial charge in [-0.1, -0.05) is 63.8 Å². The van der Waals surface area contributed by atoms with Gasteiger partial charge >= 0.3 is 0 Å². The summed E-state index contributed by atoms with van der Waals surface area (Å²) in [4.78, 5) is 31.2. The number of carbonyl (C=O) groups excluding carboxylic acids is 1. The minimum absolute atomic E-state index is 0.121. The Labute approximate surface area is 217 Å². The van der Waals surface area contributed by atoms with Crippen LogP contribution >= 0.6 is 11.6 Å². The molecule has 0 saturated heterocycles. The lowest BCUT2D eigenvalue weighted by Crippen LogP contribution is -2.37. The number of fused-ring (bicyclic) bond motifs is 2. The minimum Gasteiger partial charge on any atom is -0.494 e. The fourth-order valence-electron chi connectivity index (χ4n) is 4.82. The fourth-order valence-corrected chi connectivity index (χ4v) is 5.00. The van der Waals surface area contributed by atoms with E-state index in [2.05, 4.69) is 25.7 Å². The smallest absolute Gasteiger partial charge is 0.290 e. The van der Waals surface area contributed by atoms with Gasteiger partial charge in [0.25, 0.3) is 5.91 Å². The van der Waals surface area contributed by atoms with Crippen LogP contribution in [0.15, 0.2) is 51.7 Å². The van der Waals surface area contributed by atoms with Crippen molar-refractivity contribution in [2.75, 3.05) is 32.8 Å². The number of carbonyl (C=O) groups is 1. The fraction of sp³-hybridized carbons (Fsp3) is 0.448. The van der Waals surface area contributed by atoms with E-state index in [-0.39, 0.29) is 17.1 Å². The Balaban J connectivity index is 1.68. The molecule has 1 unspecified atom stereocenters. The highest BCUT2D eigenvalue weighted by molar-refractivity contribution is 6.31. The van der Waals surface area contributed by atoms with Crippen LogP contribution in [0.4, 0.5) is 0 Å². The Kier molecular flexibility index (Phi) is 8.70. The number of amides is 1. The Morgan fingerprint density at radius 3 is 2.44 bits per heavy atom. The molecule has 192 valence electrons. The molecule has 1 aliphatic heterocycles. The predicted molar refractivity (Wildman–Crippen MR) is 144 cm³/mol. The van der Waals surface area contributed by atoms with Gasteiger partial charge in [0.1, 0.15) is 11.3 Å². The topological polar surface area (TPSA) is 63.0 Å². The average molecular weight is 511 g/mol. The van der Waals surface area contributed by atoms with Gasteiger partial charge < -0.3 is 19.0 Å². The van der Waals surface area contributed by atoms with Gasteiger partial charge in [-0.05, 0) is 55.4 Å². The maximum absolute atomic E-state index is 13.7. The lowest BCUT2D eigenvalue weighted by Gasteiger charge is -2.28. The van der Waals surface area contributed by atoms with Crippen molar-refractivity contribution in [1.82, 2.24) is 9.80 Å². The third-order valence-electron chi connectivity index (χ3n) is 6.94. The molecule has 0 saturated carbocycles. The van der Waals surface area contributed by atoms with Gasteiger partial charge in [-0.25, -0.2) is 0 Å². The summed E-state index contributed by atoms with van der Waals surface area (Å²) in [7, 11) is 0. The summed E-state index contributed by atoms with van der Waals surface area (Å²) >= 11 is 6.18. The zero-order chi connectivity index (χ0) is 25.7. The highest BCUT2D eigenvalue weighted by atomic mass is 35.5. The molecule has 4 rings (SSSR count). The molecule has 0 bridgehead atoms. The number of nitrogens with zero attached hydrogens (tertiary/aromatic N) is 2. The number of benzene rings is 2. The number of rotatable bonds is 12. The molecule has 0 aliphatic carbocycles. The van der Waals surface area contributed by atoms with Crippen molar-refractivity contribution >= 4 is 28.5 Å². The third-order valence-corrected chi connectivity index (χ3v) is 7.18. The van der Waals surface area contributed by atoms with Gasteiger partial charge in [-0.15, -0.1) is 0 Å². The van der Waals surface area contributed by atoms with E-state index in [1.54, 1.807) is 23.1 Å². The van der Waals surface area contributed by atoms with Gasteiger partial charge in [0.05, 0.1) is 23.6 Å². The third kappa shape index (κ3) is 5.45. The van der Waals surface area contributed by atoms with Gasteiger partial charge in [-0.3, -0.25) is 9.59 Å². The zero-order valence-corrected chi connectivity index (χ0v) is 22.1. The van der Waals surface area contributed by atoms with Crippen molar-refractivity contribution in [3.63, 3.8) is 0 Å². The van der Waals surface area contributed by atoms with E-state index >= 15 is 0 Å². The van der Waals surface area contributed by atoms with Crippen molar-refractivity contribution in [2.24, 2.45) is 0 Å². The van der Waals surface area contributed by atoms with Crippen LogP contribution in [-0.2, 0) is 0 Å². The second-order valence-electron chi connectivity index (χ2n) is 9.22. The van der Waals surface area contributed by atoms with Gasteiger partial charge in [0, 0.05) is 18.1 Å². The summed E-state index contributed by atoms with van der Waals surface area (Å²) in [5, 5.41) is 0.839. The number of halogens is 1. The zero-order valence-electron chi connectivity index (χ0n) is 21.4. The van der Waals surface area contributed by atoms with Crippen molar-refractivity contribution < 1.29 is 13.9 Å². The summed E-state index contributed by atoms with van der Waals surface area (Å²) in [6.45, 7) is 10.0. The second-order valence-corrected chi connectivity index (χ2v) is 9.66. The standard InChI is InChI=1S/C29H35ClN2O4/c1-4-7-8-9-18-35-22-13-10-20(11-14-22)26-25-27(33)23-19-21(30)12-15-24(23)36-28(25)29(34)32(26)17-16-31(5-2)6-3/h10-15,19,26H,4-9,16-18H2,1-3H3.